The van der Waals surface area contributed by atoms with Crippen molar-refractivity contribution in [2.75, 3.05) is 11.9 Å². The van der Waals surface area contributed by atoms with Crippen molar-refractivity contribution in [1.82, 2.24) is 19.6 Å². The molecule has 2 heterocycles. The maximum Gasteiger partial charge on any atom is 0.254 e. The molecule has 6 heteroatoms. The summed E-state index contributed by atoms with van der Waals surface area (Å²) < 4.78 is 1.83. The SMILES string of the molecule is Clc1ccc(CCNc2c3c(nc4ncnn24)CCCC3)cc1. The predicted octanol–water partition coefficient (Wildman–Crippen LogP) is 3.31. The second-order valence-electron chi connectivity index (χ2n) is 5.87. The number of hydrogen-bond donors (Lipinski definition) is 1. The van der Waals surface area contributed by atoms with Crippen molar-refractivity contribution in [1.29, 1.82) is 0 Å². The van der Waals surface area contributed by atoms with E-state index >= 15 is 0 Å². The summed E-state index contributed by atoms with van der Waals surface area (Å²) in [6.07, 6.45) is 7.00. The molecule has 23 heavy (non-hydrogen) atoms. The lowest BCUT2D eigenvalue weighted by molar-refractivity contribution is 0.660. The molecule has 1 aromatic carbocycles. The maximum absolute atomic E-state index is 5.93. The Hall–Kier alpha value is -2.14. The van der Waals surface area contributed by atoms with Gasteiger partial charge in [0.1, 0.15) is 12.1 Å². The number of nitrogens with zero attached hydrogens (tertiary/aromatic N) is 4. The molecule has 1 aliphatic carbocycles. The molecule has 5 nitrogen and oxygen atoms in total. The van der Waals surface area contributed by atoms with E-state index in [1.165, 1.54) is 29.7 Å². The summed E-state index contributed by atoms with van der Waals surface area (Å²) in [4.78, 5) is 8.90. The molecule has 0 atom stereocenters. The van der Waals surface area contributed by atoms with Crippen LogP contribution >= 0.6 is 11.6 Å². The average molecular weight is 328 g/mol. The third-order valence-corrected chi connectivity index (χ3v) is 4.57. The fourth-order valence-corrected chi connectivity index (χ4v) is 3.27. The molecular formula is C17H18ClN5. The number of hydrogen-bond acceptors (Lipinski definition) is 4. The number of fused-ring (bicyclic) bond motifs is 2. The topological polar surface area (TPSA) is 55.1 Å². The molecule has 0 aliphatic heterocycles. The van der Waals surface area contributed by atoms with E-state index in [-0.39, 0.29) is 0 Å². The van der Waals surface area contributed by atoms with Crippen LogP contribution in [0.2, 0.25) is 5.02 Å². The third kappa shape index (κ3) is 2.88. The highest BCUT2D eigenvalue weighted by atomic mass is 35.5. The standard InChI is InChI=1S/C17H18ClN5/c18-13-7-5-12(6-8-13)9-10-19-16-14-3-1-2-4-15(14)22-17-20-11-21-23(16)17/h5-8,11,19H,1-4,9-10H2. The first-order valence-electron chi connectivity index (χ1n) is 8.01. The largest absolute Gasteiger partial charge is 0.369 e. The zero-order valence-electron chi connectivity index (χ0n) is 12.8. The lowest BCUT2D eigenvalue weighted by Crippen LogP contribution is -2.17. The Bertz CT molecular complexity index is 825. The van der Waals surface area contributed by atoms with Crippen LogP contribution < -0.4 is 5.32 Å². The number of rotatable bonds is 4. The van der Waals surface area contributed by atoms with E-state index in [4.69, 9.17) is 11.6 Å². The Morgan fingerprint density at radius 1 is 1.13 bits per heavy atom. The van der Waals surface area contributed by atoms with Crippen molar-refractivity contribution in [2.24, 2.45) is 0 Å². The molecule has 0 amide bonds. The molecule has 118 valence electrons. The molecule has 4 rings (SSSR count). The zero-order valence-corrected chi connectivity index (χ0v) is 13.6. The van der Waals surface area contributed by atoms with Crippen molar-refractivity contribution in [3.63, 3.8) is 0 Å². The van der Waals surface area contributed by atoms with Gasteiger partial charge in [0.2, 0.25) is 0 Å². The van der Waals surface area contributed by atoms with Crippen molar-refractivity contribution in [2.45, 2.75) is 32.1 Å². The first-order chi connectivity index (χ1) is 11.3. The van der Waals surface area contributed by atoms with Crippen LogP contribution in [0, 0.1) is 0 Å². The normalized spacial score (nSPS) is 14.0. The van der Waals surface area contributed by atoms with E-state index in [0.29, 0.717) is 5.78 Å². The van der Waals surface area contributed by atoms with Gasteiger partial charge in [-0.05, 0) is 49.8 Å². The van der Waals surface area contributed by atoms with Crippen LogP contribution in [-0.4, -0.2) is 26.1 Å². The number of aryl methyl sites for hydroxylation is 1. The maximum atomic E-state index is 5.93. The molecule has 0 bridgehead atoms. The van der Waals surface area contributed by atoms with Gasteiger partial charge in [0, 0.05) is 17.1 Å². The van der Waals surface area contributed by atoms with Gasteiger partial charge in [-0.3, -0.25) is 0 Å². The molecule has 0 fully saturated rings. The molecule has 0 saturated carbocycles. The van der Waals surface area contributed by atoms with Gasteiger partial charge in [0.15, 0.2) is 0 Å². The van der Waals surface area contributed by atoms with Gasteiger partial charge in [-0.15, -0.1) is 0 Å². The van der Waals surface area contributed by atoms with Crippen molar-refractivity contribution in [3.8, 4) is 0 Å². The molecule has 0 unspecified atom stereocenters. The minimum Gasteiger partial charge on any atom is -0.369 e. The smallest absolute Gasteiger partial charge is 0.254 e. The molecular weight excluding hydrogens is 310 g/mol. The highest BCUT2D eigenvalue weighted by Crippen LogP contribution is 2.27. The molecule has 0 spiro atoms. The number of aromatic nitrogens is 4. The van der Waals surface area contributed by atoms with E-state index < -0.39 is 0 Å². The quantitative estimate of drug-likeness (QED) is 0.798. The summed E-state index contributed by atoms with van der Waals surface area (Å²) >= 11 is 5.93. The second kappa shape index (κ2) is 6.16. The summed E-state index contributed by atoms with van der Waals surface area (Å²) in [5.74, 6) is 1.73. The highest BCUT2D eigenvalue weighted by Gasteiger charge is 2.19. The van der Waals surface area contributed by atoms with Gasteiger partial charge >= 0.3 is 0 Å². The fraction of sp³-hybridized carbons (Fsp3) is 0.353. The Labute approximate surface area is 139 Å². The highest BCUT2D eigenvalue weighted by molar-refractivity contribution is 6.30. The Balaban J connectivity index is 1.58. The first-order valence-corrected chi connectivity index (χ1v) is 8.39. The van der Waals surface area contributed by atoms with E-state index in [9.17, 15) is 0 Å². The van der Waals surface area contributed by atoms with Crippen LogP contribution in [-0.2, 0) is 19.3 Å². The van der Waals surface area contributed by atoms with Crippen LogP contribution in [0.25, 0.3) is 5.78 Å². The van der Waals surface area contributed by atoms with Crippen LogP contribution in [0.1, 0.15) is 29.7 Å². The minimum absolute atomic E-state index is 0.680. The number of benzene rings is 1. The summed E-state index contributed by atoms with van der Waals surface area (Å²) in [6.45, 7) is 0.840. The van der Waals surface area contributed by atoms with Gasteiger partial charge in [-0.2, -0.15) is 14.6 Å². The van der Waals surface area contributed by atoms with Crippen molar-refractivity contribution in [3.05, 3.63) is 52.4 Å². The van der Waals surface area contributed by atoms with Gasteiger partial charge in [-0.1, -0.05) is 23.7 Å². The fourth-order valence-electron chi connectivity index (χ4n) is 3.14. The second-order valence-corrected chi connectivity index (χ2v) is 6.30. The minimum atomic E-state index is 0.680. The van der Waals surface area contributed by atoms with Crippen LogP contribution in [0.5, 0.6) is 0 Å². The zero-order chi connectivity index (χ0) is 15.6. The van der Waals surface area contributed by atoms with E-state index in [0.717, 1.165) is 36.6 Å². The van der Waals surface area contributed by atoms with Gasteiger partial charge in [-0.25, -0.2) is 4.98 Å². The first kappa shape index (κ1) is 14.5. The van der Waals surface area contributed by atoms with Crippen LogP contribution in [0.3, 0.4) is 0 Å². The predicted molar refractivity (Wildman–Crippen MR) is 91.1 cm³/mol. The van der Waals surface area contributed by atoms with Crippen LogP contribution in [0.15, 0.2) is 30.6 Å². The average Bonchev–Trinajstić information content (AvgIpc) is 3.04. The Morgan fingerprint density at radius 2 is 1.96 bits per heavy atom. The molecule has 0 radical (unpaired) electrons. The van der Waals surface area contributed by atoms with Crippen molar-refractivity contribution >= 4 is 23.2 Å². The number of halogens is 1. The van der Waals surface area contributed by atoms with Crippen LogP contribution in [0.4, 0.5) is 5.82 Å². The summed E-state index contributed by atoms with van der Waals surface area (Å²) in [5, 5.41) is 8.65. The van der Waals surface area contributed by atoms with E-state index in [1.54, 1.807) is 6.33 Å². The third-order valence-electron chi connectivity index (χ3n) is 4.32. The molecule has 2 aromatic heterocycles. The Morgan fingerprint density at radius 3 is 2.83 bits per heavy atom. The number of anilines is 1. The lowest BCUT2D eigenvalue weighted by Gasteiger charge is -2.19. The lowest BCUT2D eigenvalue weighted by atomic mass is 9.96. The van der Waals surface area contributed by atoms with E-state index in [2.05, 4.69) is 32.5 Å². The molecule has 0 saturated heterocycles. The monoisotopic (exact) mass is 327 g/mol. The van der Waals surface area contributed by atoms with Gasteiger partial charge in [0.05, 0.1) is 5.69 Å². The number of nitrogens with one attached hydrogen (secondary N) is 1. The van der Waals surface area contributed by atoms with Gasteiger partial charge < -0.3 is 5.32 Å². The van der Waals surface area contributed by atoms with Gasteiger partial charge in [0.25, 0.3) is 5.78 Å². The molecule has 1 aliphatic rings. The summed E-state index contributed by atoms with van der Waals surface area (Å²) in [5.41, 5.74) is 3.73. The summed E-state index contributed by atoms with van der Waals surface area (Å²) in [6, 6.07) is 8.00. The van der Waals surface area contributed by atoms with Crippen molar-refractivity contribution < 1.29 is 0 Å². The Kier molecular flexibility index (Phi) is 3.87. The molecule has 3 aromatic rings. The summed E-state index contributed by atoms with van der Waals surface area (Å²) in [7, 11) is 0. The van der Waals surface area contributed by atoms with E-state index in [1.807, 2.05) is 16.6 Å². The molecule has 1 N–H and O–H groups in total.